The second-order valence-corrected chi connectivity index (χ2v) is 8.50. The van der Waals surface area contributed by atoms with Gasteiger partial charge in [0, 0.05) is 29.2 Å². The Morgan fingerprint density at radius 1 is 1.45 bits per heavy atom. The van der Waals surface area contributed by atoms with Crippen LogP contribution < -0.4 is 10.6 Å². The van der Waals surface area contributed by atoms with Crippen LogP contribution in [-0.2, 0) is 0 Å². The molecular weight excluding hydrogens is 359 g/mol. The maximum absolute atomic E-state index is 14.5. The summed E-state index contributed by atoms with van der Waals surface area (Å²) in [7, 11) is 0. The first-order valence-corrected chi connectivity index (χ1v) is 8.67. The fourth-order valence-electron chi connectivity index (χ4n) is 2.24. The lowest BCUT2D eigenvalue weighted by atomic mass is 10.1. The summed E-state index contributed by atoms with van der Waals surface area (Å²) in [5, 5.41) is 0. The molecule has 0 atom stereocenters. The van der Waals surface area contributed by atoms with Gasteiger partial charge < -0.3 is 10.6 Å². The molecule has 2 N–H and O–H groups in total. The number of halogens is 2. The van der Waals surface area contributed by atoms with Crippen LogP contribution in [0.5, 0.6) is 0 Å². The Bertz CT molecular complexity index is 534. The summed E-state index contributed by atoms with van der Waals surface area (Å²) in [6, 6.07) is 3.56. The van der Waals surface area contributed by atoms with Gasteiger partial charge in [-0.2, -0.15) is 11.8 Å². The second-order valence-electron chi connectivity index (χ2n) is 5.47. The molecule has 0 aliphatic carbocycles. The highest BCUT2D eigenvalue weighted by Crippen LogP contribution is 2.35. The fourth-order valence-corrected chi connectivity index (χ4v) is 4.19. The Morgan fingerprint density at radius 3 is 2.80 bits per heavy atom. The predicted molar refractivity (Wildman–Crippen MR) is 93.4 cm³/mol. The van der Waals surface area contributed by atoms with Crippen molar-refractivity contribution in [3.8, 4) is 0 Å². The van der Waals surface area contributed by atoms with Crippen molar-refractivity contribution in [1.29, 1.82) is 0 Å². The predicted octanol–water partition coefficient (Wildman–Crippen LogP) is 3.94. The summed E-state index contributed by atoms with van der Waals surface area (Å²) in [5.41, 5.74) is 6.76. The van der Waals surface area contributed by atoms with Gasteiger partial charge in [-0.1, -0.05) is 26.1 Å². The van der Waals surface area contributed by atoms with Crippen molar-refractivity contribution in [3.05, 3.63) is 28.0 Å². The zero-order chi connectivity index (χ0) is 14.9. The summed E-state index contributed by atoms with van der Waals surface area (Å²) in [6.45, 7) is 6.19. The Kier molecular flexibility index (Phi) is 4.97. The molecule has 0 radical (unpaired) electrons. The Labute approximate surface area is 137 Å². The van der Waals surface area contributed by atoms with Crippen molar-refractivity contribution in [1.82, 2.24) is 0 Å². The first kappa shape index (κ1) is 16.0. The fraction of sp³-hybridized carbons (Fsp3) is 0.500. The van der Waals surface area contributed by atoms with Crippen LogP contribution in [0.15, 0.2) is 16.6 Å². The molecule has 20 heavy (non-hydrogen) atoms. The van der Waals surface area contributed by atoms with E-state index >= 15 is 0 Å². The molecule has 1 aliphatic rings. The summed E-state index contributed by atoms with van der Waals surface area (Å²) in [4.78, 5) is 2.31. The third-order valence-corrected chi connectivity index (χ3v) is 5.87. The normalized spacial score (nSPS) is 18.7. The molecule has 0 amide bonds. The van der Waals surface area contributed by atoms with Crippen LogP contribution in [0.1, 0.15) is 25.8 Å². The lowest BCUT2D eigenvalue weighted by Gasteiger charge is -2.25. The van der Waals surface area contributed by atoms with E-state index in [-0.39, 0.29) is 15.6 Å². The van der Waals surface area contributed by atoms with E-state index in [1.165, 1.54) is 0 Å². The molecule has 1 aliphatic heterocycles. The van der Waals surface area contributed by atoms with Gasteiger partial charge in [0.25, 0.3) is 0 Å². The molecule has 0 unspecified atom stereocenters. The van der Waals surface area contributed by atoms with E-state index in [4.69, 9.17) is 18.0 Å². The van der Waals surface area contributed by atoms with Gasteiger partial charge in [-0.25, -0.2) is 4.39 Å². The summed E-state index contributed by atoms with van der Waals surface area (Å²) >= 11 is 10.1. The number of thiocarbonyl (C=S) groups is 1. The van der Waals surface area contributed by atoms with E-state index in [0.29, 0.717) is 15.7 Å². The van der Waals surface area contributed by atoms with Crippen molar-refractivity contribution in [2.24, 2.45) is 5.73 Å². The number of hydrogen-bond acceptors (Lipinski definition) is 3. The minimum absolute atomic E-state index is 0.204. The lowest BCUT2D eigenvalue weighted by Crippen LogP contribution is -2.28. The number of hydrogen-bond donors (Lipinski definition) is 1. The topological polar surface area (TPSA) is 29.3 Å². The monoisotopic (exact) mass is 376 g/mol. The molecule has 110 valence electrons. The number of thioether (sulfide) groups is 1. The average molecular weight is 377 g/mol. The van der Waals surface area contributed by atoms with E-state index in [2.05, 4.69) is 34.7 Å². The van der Waals surface area contributed by atoms with Gasteiger partial charge in [-0.15, -0.1) is 0 Å². The lowest BCUT2D eigenvalue weighted by molar-refractivity contribution is 0.598. The maximum Gasteiger partial charge on any atom is 0.161 e. The molecule has 0 bridgehead atoms. The molecule has 1 fully saturated rings. The Balaban J connectivity index is 2.29. The zero-order valence-corrected chi connectivity index (χ0v) is 14.8. The van der Waals surface area contributed by atoms with E-state index < -0.39 is 0 Å². The van der Waals surface area contributed by atoms with Crippen LogP contribution in [-0.4, -0.2) is 28.6 Å². The smallest absolute Gasteiger partial charge is 0.161 e. The van der Waals surface area contributed by atoms with Crippen molar-refractivity contribution in [2.45, 2.75) is 25.0 Å². The molecule has 2 rings (SSSR count). The van der Waals surface area contributed by atoms with Gasteiger partial charge in [-0.05, 0) is 34.5 Å². The van der Waals surface area contributed by atoms with Crippen molar-refractivity contribution in [3.63, 3.8) is 0 Å². The van der Waals surface area contributed by atoms with Crippen LogP contribution in [0.3, 0.4) is 0 Å². The third kappa shape index (κ3) is 3.46. The van der Waals surface area contributed by atoms with E-state index in [1.54, 1.807) is 12.1 Å². The van der Waals surface area contributed by atoms with Gasteiger partial charge >= 0.3 is 0 Å². The van der Waals surface area contributed by atoms with Crippen LogP contribution in [0.25, 0.3) is 0 Å². The average Bonchev–Trinajstić information content (AvgIpc) is 2.53. The highest BCUT2D eigenvalue weighted by molar-refractivity contribution is 9.10. The SMILES string of the molecule is CC1(C)CCN(c2ccc(C(N)=S)c(Br)c2F)CCS1. The Morgan fingerprint density at radius 2 is 2.15 bits per heavy atom. The summed E-state index contributed by atoms with van der Waals surface area (Å²) in [6.07, 6.45) is 1.03. The highest BCUT2D eigenvalue weighted by atomic mass is 79.9. The molecule has 2 nitrogen and oxygen atoms in total. The molecule has 0 spiro atoms. The summed E-state index contributed by atoms with van der Waals surface area (Å²) in [5.74, 6) is 0.723. The molecular formula is C14H18BrFN2S2. The molecule has 1 aromatic rings. The van der Waals surface area contributed by atoms with Crippen LogP contribution in [0.2, 0.25) is 0 Å². The molecule has 1 heterocycles. The number of nitrogens with two attached hydrogens (primary N) is 1. The van der Waals surface area contributed by atoms with Gasteiger partial charge in [0.05, 0.1) is 10.2 Å². The maximum atomic E-state index is 14.5. The van der Waals surface area contributed by atoms with Crippen molar-refractivity contribution in [2.75, 3.05) is 23.7 Å². The van der Waals surface area contributed by atoms with Crippen LogP contribution in [0.4, 0.5) is 10.1 Å². The third-order valence-electron chi connectivity index (χ3n) is 3.51. The largest absolute Gasteiger partial charge is 0.389 e. The standard InChI is InChI=1S/C14H18BrFN2S2/c1-14(2)5-6-18(7-8-20-14)10-4-3-9(13(17)19)11(15)12(10)16/h3-4H,5-8H2,1-2H3,(H2,17,19). The van der Waals surface area contributed by atoms with Gasteiger partial charge in [0.2, 0.25) is 0 Å². The first-order chi connectivity index (χ1) is 9.32. The second kappa shape index (κ2) is 6.20. The van der Waals surface area contributed by atoms with Crippen molar-refractivity contribution >= 4 is 50.6 Å². The van der Waals surface area contributed by atoms with E-state index in [9.17, 15) is 4.39 Å². The van der Waals surface area contributed by atoms with Crippen molar-refractivity contribution < 1.29 is 4.39 Å². The number of nitrogens with zero attached hydrogens (tertiary/aromatic N) is 1. The highest BCUT2D eigenvalue weighted by Gasteiger charge is 2.25. The Hall–Kier alpha value is -0.330. The number of benzene rings is 1. The number of anilines is 1. The van der Waals surface area contributed by atoms with Gasteiger partial charge in [-0.3, -0.25) is 0 Å². The zero-order valence-electron chi connectivity index (χ0n) is 11.6. The van der Waals surface area contributed by atoms with Gasteiger partial charge in [0.15, 0.2) is 5.82 Å². The minimum atomic E-state index is -0.278. The molecule has 1 saturated heterocycles. The first-order valence-electron chi connectivity index (χ1n) is 6.48. The molecule has 0 aromatic heterocycles. The molecule has 0 saturated carbocycles. The number of rotatable bonds is 2. The summed E-state index contributed by atoms with van der Waals surface area (Å²) < 4.78 is 15.1. The van der Waals surface area contributed by atoms with E-state index in [0.717, 1.165) is 25.3 Å². The van der Waals surface area contributed by atoms with Crippen LogP contribution >= 0.6 is 39.9 Å². The quantitative estimate of drug-likeness (QED) is 0.791. The minimum Gasteiger partial charge on any atom is -0.389 e. The molecule has 6 heteroatoms. The van der Waals surface area contributed by atoms with Crippen LogP contribution in [0, 0.1) is 5.82 Å². The van der Waals surface area contributed by atoms with E-state index in [1.807, 2.05) is 11.8 Å². The van der Waals surface area contributed by atoms with Gasteiger partial charge in [0.1, 0.15) is 4.99 Å². The molecule has 1 aromatic carbocycles.